The van der Waals surface area contributed by atoms with E-state index < -0.39 is 9.84 Å². The zero-order chi connectivity index (χ0) is 14.9. The predicted octanol–water partition coefficient (Wildman–Crippen LogP) is 1.42. The van der Waals surface area contributed by atoms with Crippen molar-refractivity contribution in [3.8, 4) is 23.6 Å². The Balaban J connectivity index is 2.61. The highest BCUT2D eigenvalue weighted by Crippen LogP contribution is 2.24. The largest absolute Gasteiger partial charge is 0.368 e. The molecule has 0 unspecified atom stereocenters. The van der Waals surface area contributed by atoms with Gasteiger partial charge in [-0.1, -0.05) is 18.1 Å². The monoisotopic (exact) mass is 287 g/mol. The van der Waals surface area contributed by atoms with Gasteiger partial charge >= 0.3 is 0 Å². The molecule has 1 aromatic heterocycles. The number of benzene rings is 1. The zero-order valence-corrected chi connectivity index (χ0v) is 11.9. The topological polar surface area (TPSA) is 85.9 Å². The lowest BCUT2D eigenvalue weighted by molar-refractivity contribution is 0.602. The second kappa shape index (κ2) is 4.94. The average molecular weight is 287 g/mol. The highest BCUT2D eigenvalue weighted by Gasteiger charge is 2.12. The summed E-state index contributed by atoms with van der Waals surface area (Å²) in [6.07, 6.45) is 6.63. The Hall–Kier alpha value is -2.39. The summed E-state index contributed by atoms with van der Waals surface area (Å²) in [7, 11) is -3.23. The van der Waals surface area contributed by atoms with Crippen LogP contribution in [0.25, 0.3) is 11.3 Å². The van der Waals surface area contributed by atoms with E-state index in [1.807, 2.05) is 0 Å². The summed E-state index contributed by atoms with van der Waals surface area (Å²) in [5, 5.41) is 0. The Labute approximate surface area is 117 Å². The number of rotatable bonds is 2. The first-order chi connectivity index (χ1) is 9.32. The first-order valence-electron chi connectivity index (χ1n) is 5.74. The third-order valence-electron chi connectivity index (χ3n) is 2.81. The Morgan fingerprint density at radius 3 is 2.30 bits per heavy atom. The van der Waals surface area contributed by atoms with E-state index in [9.17, 15) is 8.42 Å². The van der Waals surface area contributed by atoms with E-state index in [4.69, 9.17) is 12.2 Å². The fourth-order valence-electron chi connectivity index (χ4n) is 1.84. The van der Waals surface area contributed by atoms with Crippen LogP contribution in [0.1, 0.15) is 11.3 Å². The van der Waals surface area contributed by atoms with Crippen LogP contribution >= 0.6 is 0 Å². The fourth-order valence-corrected chi connectivity index (χ4v) is 2.47. The number of anilines is 1. The number of hydrogen-bond acceptors (Lipinski definition) is 5. The van der Waals surface area contributed by atoms with Crippen LogP contribution in [0.3, 0.4) is 0 Å². The number of hydrogen-bond donors (Lipinski definition) is 1. The van der Waals surface area contributed by atoms with Gasteiger partial charge in [-0.2, -0.15) is 0 Å². The fraction of sp³-hybridized carbons (Fsp3) is 0.143. The Morgan fingerprint density at radius 2 is 1.80 bits per heavy atom. The standard InChI is InChI=1S/C14H13N3O2S/c1-4-12-9(2)16-14(15)17-13(12)10-5-7-11(8-6-10)20(3,18)19/h1,5-8H,2-3H3,(H2,15,16,17). The van der Waals surface area contributed by atoms with E-state index in [0.29, 0.717) is 22.5 Å². The minimum absolute atomic E-state index is 0.128. The summed E-state index contributed by atoms with van der Waals surface area (Å²) in [5.41, 5.74) is 8.02. The first-order valence-corrected chi connectivity index (χ1v) is 7.63. The number of terminal acetylenes is 1. The predicted molar refractivity (Wildman–Crippen MR) is 77.7 cm³/mol. The minimum Gasteiger partial charge on any atom is -0.368 e. The number of aryl methyl sites for hydroxylation is 1. The molecular formula is C14H13N3O2S. The van der Waals surface area contributed by atoms with E-state index in [-0.39, 0.29) is 10.8 Å². The molecule has 0 bridgehead atoms. The molecular weight excluding hydrogens is 274 g/mol. The average Bonchev–Trinajstić information content (AvgIpc) is 2.37. The van der Waals surface area contributed by atoms with E-state index in [2.05, 4.69) is 15.9 Å². The highest BCUT2D eigenvalue weighted by molar-refractivity contribution is 7.90. The quantitative estimate of drug-likeness (QED) is 0.844. The second-order valence-corrected chi connectivity index (χ2v) is 6.35. The number of nitrogens with zero attached hydrogens (tertiary/aromatic N) is 2. The smallest absolute Gasteiger partial charge is 0.220 e. The van der Waals surface area contributed by atoms with Crippen molar-refractivity contribution in [2.24, 2.45) is 0 Å². The molecule has 0 aliphatic carbocycles. The molecule has 1 aromatic carbocycles. The van der Waals surface area contributed by atoms with Gasteiger partial charge in [-0.25, -0.2) is 18.4 Å². The Kier molecular flexibility index (Phi) is 3.47. The van der Waals surface area contributed by atoms with Crippen molar-refractivity contribution in [2.75, 3.05) is 12.0 Å². The summed E-state index contributed by atoms with van der Waals surface area (Å²) < 4.78 is 22.9. The summed E-state index contributed by atoms with van der Waals surface area (Å²) in [4.78, 5) is 8.40. The molecule has 0 amide bonds. The van der Waals surface area contributed by atoms with Gasteiger partial charge in [0.2, 0.25) is 5.95 Å². The zero-order valence-electron chi connectivity index (χ0n) is 11.1. The van der Waals surface area contributed by atoms with E-state index in [1.165, 1.54) is 12.1 Å². The van der Waals surface area contributed by atoms with Crippen molar-refractivity contribution in [1.29, 1.82) is 0 Å². The van der Waals surface area contributed by atoms with Crippen LogP contribution in [0, 0.1) is 19.3 Å². The van der Waals surface area contributed by atoms with Gasteiger partial charge in [0.05, 0.1) is 21.8 Å². The molecule has 0 atom stereocenters. The summed E-state index contributed by atoms with van der Waals surface area (Å²) in [6, 6.07) is 6.33. The molecule has 6 heteroatoms. The maximum Gasteiger partial charge on any atom is 0.220 e. The molecule has 0 radical (unpaired) electrons. The normalized spacial score (nSPS) is 11.1. The summed E-state index contributed by atoms with van der Waals surface area (Å²) in [6.45, 7) is 1.75. The van der Waals surface area contributed by atoms with Crippen LogP contribution in [0.2, 0.25) is 0 Å². The summed E-state index contributed by atoms with van der Waals surface area (Å²) in [5.74, 6) is 2.66. The number of aromatic nitrogens is 2. The van der Waals surface area contributed by atoms with Gasteiger partial charge in [0.25, 0.3) is 0 Å². The van der Waals surface area contributed by atoms with Crippen molar-refractivity contribution >= 4 is 15.8 Å². The van der Waals surface area contributed by atoms with Gasteiger partial charge < -0.3 is 5.73 Å². The summed E-state index contributed by atoms with van der Waals surface area (Å²) >= 11 is 0. The lowest BCUT2D eigenvalue weighted by Gasteiger charge is -2.08. The molecule has 2 aromatic rings. The Bertz CT molecular complexity index is 804. The molecule has 0 aliphatic rings. The third-order valence-corrected chi connectivity index (χ3v) is 3.94. The van der Waals surface area contributed by atoms with Gasteiger partial charge in [-0.3, -0.25) is 0 Å². The van der Waals surface area contributed by atoms with Gasteiger partial charge in [-0.15, -0.1) is 6.42 Å². The number of nitrogen functional groups attached to an aromatic ring is 1. The van der Waals surface area contributed by atoms with Crippen LogP contribution in [0.5, 0.6) is 0 Å². The molecule has 20 heavy (non-hydrogen) atoms. The van der Waals surface area contributed by atoms with Crippen molar-refractivity contribution < 1.29 is 8.42 Å². The van der Waals surface area contributed by atoms with Crippen molar-refractivity contribution in [3.63, 3.8) is 0 Å². The molecule has 2 N–H and O–H groups in total. The molecule has 0 saturated carbocycles. The van der Waals surface area contributed by atoms with Crippen molar-refractivity contribution in [1.82, 2.24) is 9.97 Å². The van der Waals surface area contributed by atoms with E-state index in [0.717, 1.165) is 6.26 Å². The van der Waals surface area contributed by atoms with Crippen LogP contribution in [-0.2, 0) is 9.84 Å². The number of nitrogens with two attached hydrogens (primary N) is 1. The van der Waals surface area contributed by atoms with Crippen LogP contribution in [0.4, 0.5) is 5.95 Å². The third kappa shape index (κ3) is 2.63. The minimum atomic E-state index is -3.23. The molecule has 0 saturated heterocycles. The van der Waals surface area contributed by atoms with E-state index >= 15 is 0 Å². The first kappa shape index (κ1) is 14.0. The second-order valence-electron chi connectivity index (χ2n) is 4.33. The van der Waals surface area contributed by atoms with Gasteiger partial charge in [0.1, 0.15) is 0 Å². The van der Waals surface area contributed by atoms with Gasteiger partial charge in [0.15, 0.2) is 9.84 Å². The maximum absolute atomic E-state index is 11.4. The van der Waals surface area contributed by atoms with Crippen LogP contribution in [-0.4, -0.2) is 24.6 Å². The van der Waals surface area contributed by atoms with Crippen molar-refractivity contribution in [2.45, 2.75) is 11.8 Å². The highest BCUT2D eigenvalue weighted by atomic mass is 32.2. The molecule has 0 aliphatic heterocycles. The SMILES string of the molecule is C#Cc1c(C)nc(N)nc1-c1ccc(S(C)(=O)=O)cc1. The molecule has 5 nitrogen and oxygen atoms in total. The lowest BCUT2D eigenvalue weighted by atomic mass is 10.1. The van der Waals surface area contributed by atoms with E-state index in [1.54, 1.807) is 19.1 Å². The molecule has 0 fully saturated rings. The van der Waals surface area contributed by atoms with Gasteiger partial charge in [-0.05, 0) is 19.1 Å². The molecule has 1 heterocycles. The van der Waals surface area contributed by atoms with Crippen LogP contribution < -0.4 is 5.73 Å². The molecule has 2 rings (SSSR count). The molecule has 0 spiro atoms. The van der Waals surface area contributed by atoms with Crippen molar-refractivity contribution in [3.05, 3.63) is 35.5 Å². The number of sulfone groups is 1. The van der Waals surface area contributed by atoms with Crippen LogP contribution in [0.15, 0.2) is 29.2 Å². The maximum atomic E-state index is 11.4. The lowest BCUT2D eigenvalue weighted by Crippen LogP contribution is -2.03. The van der Waals surface area contributed by atoms with Gasteiger partial charge in [0, 0.05) is 11.8 Å². The Morgan fingerprint density at radius 1 is 1.20 bits per heavy atom. The molecule has 102 valence electrons.